The van der Waals surface area contributed by atoms with Crippen molar-refractivity contribution in [2.45, 2.75) is 39.7 Å². The van der Waals surface area contributed by atoms with E-state index in [4.69, 9.17) is 0 Å². The highest BCUT2D eigenvalue weighted by molar-refractivity contribution is 5.95. The number of likely N-dealkylation sites (N-methyl/N-ethyl adjacent to an activating group) is 1. The predicted molar refractivity (Wildman–Crippen MR) is 96.9 cm³/mol. The topological polar surface area (TPSA) is 52.7 Å². The molecule has 0 aromatic heterocycles. The van der Waals surface area contributed by atoms with E-state index in [0.717, 1.165) is 30.8 Å². The third-order valence-corrected chi connectivity index (χ3v) is 4.69. The lowest BCUT2D eigenvalue weighted by Gasteiger charge is -2.36. The number of benzene rings is 1. The molecule has 0 radical (unpaired) electrons. The Bertz CT molecular complexity index is 570. The molecule has 1 fully saturated rings. The Morgan fingerprint density at radius 2 is 2.00 bits per heavy atom. The second-order valence-corrected chi connectivity index (χ2v) is 7.03. The van der Waals surface area contributed by atoms with Crippen LogP contribution in [0.5, 0.6) is 0 Å². The highest BCUT2D eigenvalue weighted by Crippen LogP contribution is 2.18. The molecule has 1 aliphatic heterocycles. The highest BCUT2D eigenvalue weighted by atomic mass is 16.2. The van der Waals surface area contributed by atoms with E-state index in [1.165, 1.54) is 11.3 Å². The smallest absolute Gasteiger partial charge is 0.243 e. The van der Waals surface area contributed by atoms with Crippen LogP contribution in [0.15, 0.2) is 24.3 Å². The first kappa shape index (κ1) is 18.5. The van der Waals surface area contributed by atoms with E-state index in [2.05, 4.69) is 17.1 Å². The molecule has 24 heavy (non-hydrogen) atoms. The molecule has 1 saturated heterocycles. The van der Waals surface area contributed by atoms with Gasteiger partial charge in [0.15, 0.2) is 0 Å². The molecule has 132 valence electrons. The van der Waals surface area contributed by atoms with Gasteiger partial charge in [-0.3, -0.25) is 14.5 Å². The summed E-state index contributed by atoms with van der Waals surface area (Å²) in [5, 5.41) is 2.83. The third-order valence-electron chi connectivity index (χ3n) is 4.69. The number of aryl methyl sites for hydroxylation is 1. The van der Waals surface area contributed by atoms with Gasteiger partial charge in [-0.15, -0.1) is 0 Å². The Kier molecular flexibility index (Phi) is 6.37. The van der Waals surface area contributed by atoms with Crippen LogP contribution in [0.3, 0.4) is 0 Å². The fourth-order valence-corrected chi connectivity index (χ4v) is 3.18. The van der Waals surface area contributed by atoms with Gasteiger partial charge in [-0.2, -0.15) is 0 Å². The molecule has 0 bridgehead atoms. The monoisotopic (exact) mass is 331 g/mol. The lowest BCUT2D eigenvalue weighted by molar-refractivity contribution is -0.138. The molecule has 0 unspecified atom stereocenters. The molecule has 2 rings (SSSR count). The molecule has 5 nitrogen and oxygen atoms in total. The van der Waals surface area contributed by atoms with Crippen LogP contribution in [0.1, 0.15) is 32.3 Å². The molecular weight excluding hydrogens is 302 g/mol. The number of piperidine rings is 1. The van der Waals surface area contributed by atoms with Crippen molar-refractivity contribution in [3.05, 3.63) is 29.8 Å². The Labute approximate surface area is 145 Å². The molecule has 1 aromatic carbocycles. The van der Waals surface area contributed by atoms with Crippen molar-refractivity contribution in [1.82, 2.24) is 9.80 Å². The molecule has 5 heteroatoms. The molecule has 0 aliphatic carbocycles. The largest absolute Gasteiger partial charge is 0.335 e. The fourth-order valence-electron chi connectivity index (χ4n) is 3.18. The standard InChI is InChI=1S/C19H29N3O2/c1-14-7-9-17(10-8-14)20-18(23)13-21(4)19(24)16(3)22-11-5-6-15(2)12-22/h7-10,15-16H,5-6,11-13H2,1-4H3,(H,20,23)/t15-,16+/m0/s1. The van der Waals surface area contributed by atoms with Gasteiger partial charge in [0.1, 0.15) is 0 Å². The van der Waals surface area contributed by atoms with E-state index < -0.39 is 0 Å². The van der Waals surface area contributed by atoms with Crippen molar-refractivity contribution in [3.8, 4) is 0 Å². The third kappa shape index (κ3) is 5.06. The quantitative estimate of drug-likeness (QED) is 0.902. The number of nitrogens with one attached hydrogen (secondary N) is 1. The second-order valence-electron chi connectivity index (χ2n) is 7.03. The molecule has 0 saturated carbocycles. The van der Waals surface area contributed by atoms with Gasteiger partial charge in [0.05, 0.1) is 12.6 Å². The average Bonchev–Trinajstić information content (AvgIpc) is 2.55. The van der Waals surface area contributed by atoms with E-state index in [1.54, 1.807) is 7.05 Å². The van der Waals surface area contributed by atoms with Crippen LogP contribution in [-0.2, 0) is 9.59 Å². The lowest BCUT2D eigenvalue weighted by Crippen LogP contribution is -2.50. The molecular formula is C19H29N3O2. The molecule has 2 atom stereocenters. The first-order chi connectivity index (χ1) is 11.4. The van der Waals surface area contributed by atoms with E-state index in [-0.39, 0.29) is 24.4 Å². The summed E-state index contributed by atoms with van der Waals surface area (Å²) in [5.41, 5.74) is 1.90. The second kappa shape index (κ2) is 8.29. The van der Waals surface area contributed by atoms with Crippen LogP contribution < -0.4 is 5.32 Å². The minimum Gasteiger partial charge on any atom is -0.335 e. The van der Waals surface area contributed by atoms with Crippen molar-refractivity contribution in [2.75, 3.05) is 32.0 Å². The van der Waals surface area contributed by atoms with Gasteiger partial charge in [-0.1, -0.05) is 24.6 Å². The summed E-state index contributed by atoms with van der Waals surface area (Å²) in [7, 11) is 1.70. The van der Waals surface area contributed by atoms with Crippen molar-refractivity contribution in [2.24, 2.45) is 5.92 Å². The zero-order valence-electron chi connectivity index (χ0n) is 15.2. The van der Waals surface area contributed by atoms with Gasteiger partial charge in [-0.05, 0) is 51.3 Å². The summed E-state index contributed by atoms with van der Waals surface area (Å²) in [4.78, 5) is 28.5. The summed E-state index contributed by atoms with van der Waals surface area (Å²) >= 11 is 0. The molecule has 1 aromatic rings. The van der Waals surface area contributed by atoms with Crippen molar-refractivity contribution < 1.29 is 9.59 Å². The number of hydrogen-bond acceptors (Lipinski definition) is 3. The number of nitrogens with zero attached hydrogens (tertiary/aromatic N) is 2. The maximum Gasteiger partial charge on any atom is 0.243 e. The van der Waals surface area contributed by atoms with E-state index in [0.29, 0.717) is 5.92 Å². The molecule has 1 N–H and O–H groups in total. The first-order valence-electron chi connectivity index (χ1n) is 8.72. The number of carbonyl (C=O) groups excluding carboxylic acids is 2. The molecule has 0 spiro atoms. The van der Waals surface area contributed by atoms with Crippen LogP contribution in [0.2, 0.25) is 0 Å². The first-order valence-corrected chi connectivity index (χ1v) is 8.72. The zero-order valence-corrected chi connectivity index (χ0v) is 15.2. The average molecular weight is 331 g/mol. The summed E-state index contributed by atoms with van der Waals surface area (Å²) in [6.45, 7) is 8.15. The van der Waals surface area contributed by atoms with E-state index in [9.17, 15) is 9.59 Å². The Morgan fingerprint density at radius 3 is 2.62 bits per heavy atom. The Morgan fingerprint density at radius 1 is 1.33 bits per heavy atom. The number of likely N-dealkylation sites (tertiary alicyclic amines) is 1. The lowest BCUT2D eigenvalue weighted by atomic mass is 9.99. The van der Waals surface area contributed by atoms with Gasteiger partial charge in [0.25, 0.3) is 0 Å². The van der Waals surface area contributed by atoms with Gasteiger partial charge in [0, 0.05) is 19.3 Å². The SMILES string of the molecule is Cc1ccc(NC(=O)CN(C)C(=O)[C@@H](C)N2CCC[C@H](C)C2)cc1. The Hall–Kier alpha value is -1.88. The minimum absolute atomic E-state index is 0.00292. The summed E-state index contributed by atoms with van der Waals surface area (Å²) in [5.74, 6) is 0.459. The van der Waals surface area contributed by atoms with Crippen molar-refractivity contribution in [1.29, 1.82) is 0 Å². The van der Waals surface area contributed by atoms with Crippen molar-refractivity contribution >= 4 is 17.5 Å². The van der Waals surface area contributed by atoms with Crippen LogP contribution in [-0.4, -0.2) is 54.3 Å². The van der Waals surface area contributed by atoms with E-state index in [1.807, 2.05) is 38.1 Å². The van der Waals surface area contributed by atoms with Crippen LogP contribution in [0.25, 0.3) is 0 Å². The molecule has 1 aliphatic rings. The van der Waals surface area contributed by atoms with Crippen LogP contribution in [0.4, 0.5) is 5.69 Å². The molecule has 2 amide bonds. The summed E-state index contributed by atoms with van der Waals surface area (Å²) < 4.78 is 0. The fraction of sp³-hybridized carbons (Fsp3) is 0.579. The van der Waals surface area contributed by atoms with Gasteiger partial charge in [0.2, 0.25) is 11.8 Å². The normalized spacial score (nSPS) is 19.6. The van der Waals surface area contributed by atoms with Crippen LogP contribution >= 0.6 is 0 Å². The number of rotatable bonds is 5. The molecule has 1 heterocycles. The summed E-state index contributed by atoms with van der Waals surface area (Å²) in [6, 6.07) is 7.46. The van der Waals surface area contributed by atoms with Gasteiger partial charge < -0.3 is 10.2 Å². The van der Waals surface area contributed by atoms with Crippen molar-refractivity contribution in [3.63, 3.8) is 0 Å². The maximum atomic E-state index is 12.6. The number of amides is 2. The van der Waals surface area contributed by atoms with E-state index >= 15 is 0 Å². The Balaban J connectivity index is 1.85. The number of anilines is 1. The zero-order chi connectivity index (χ0) is 17.7. The summed E-state index contributed by atoms with van der Waals surface area (Å²) in [6.07, 6.45) is 2.36. The minimum atomic E-state index is -0.176. The van der Waals surface area contributed by atoms with Gasteiger partial charge in [-0.25, -0.2) is 0 Å². The highest BCUT2D eigenvalue weighted by Gasteiger charge is 2.28. The van der Waals surface area contributed by atoms with Gasteiger partial charge >= 0.3 is 0 Å². The van der Waals surface area contributed by atoms with Crippen LogP contribution in [0, 0.1) is 12.8 Å². The number of carbonyl (C=O) groups is 2. The number of hydrogen-bond donors (Lipinski definition) is 1. The maximum absolute atomic E-state index is 12.6. The predicted octanol–water partition coefficient (Wildman–Crippen LogP) is 2.51.